The minimum atomic E-state index is 0.391. The maximum Gasteiger partial charge on any atom is 0.277 e. The summed E-state index contributed by atoms with van der Waals surface area (Å²) in [5.41, 5.74) is 8.40. The van der Waals surface area contributed by atoms with Gasteiger partial charge in [-0.3, -0.25) is 0 Å². The van der Waals surface area contributed by atoms with Gasteiger partial charge < -0.3 is 10.3 Å². The average molecular weight is 272 g/mol. The van der Waals surface area contributed by atoms with E-state index in [1.54, 1.807) is 5.38 Å². The molecule has 1 aromatic carbocycles. The Kier molecular flexibility index (Phi) is 3.00. The summed E-state index contributed by atoms with van der Waals surface area (Å²) in [6, 6.07) is 8.10. The van der Waals surface area contributed by atoms with E-state index < -0.39 is 0 Å². The first-order valence-corrected chi connectivity index (χ1v) is 6.78. The van der Waals surface area contributed by atoms with Crippen molar-refractivity contribution in [3.63, 3.8) is 0 Å². The molecule has 5 nitrogen and oxygen atoms in total. The van der Waals surface area contributed by atoms with E-state index in [2.05, 4.69) is 34.2 Å². The molecule has 0 aliphatic heterocycles. The molecule has 0 spiro atoms. The second-order valence-electron chi connectivity index (χ2n) is 4.04. The van der Waals surface area contributed by atoms with E-state index in [0.717, 1.165) is 12.0 Å². The Morgan fingerprint density at radius 1 is 1.21 bits per heavy atom. The summed E-state index contributed by atoms with van der Waals surface area (Å²) >= 11 is 1.35. The molecule has 0 amide bonds. The number of benzene rings is 1. The van der Waals surface area contributed by atoms with Gasteiger partial charge in [-0.05, 0) is 12.0 Å². The van der Waals surface area contributed by atoms with Gasteiger partial charge >= 0.3 is 0 Å². The van der Waals surface area contributed by atoms with E-state index in [9.17, 15) is 0 Å². The summed E-state index contributed by atoms with van der Waals surface area (Å²) in [4.78, 5) is 8.45. The Bertz CT molecular complexity index is 687. The first-order chi connectivity index (χ1) is 9.26. The lowest BCUT2D eigenvalue weighted by atomic mass is 10.1. The van der Waals surface area contributed by atoms with Crippen molar-refractivity contribution in [3.8, 4) is 23.0 Å². The third-order valence-corrected chi connectivity index (χ3v) is 3.46. The molecule has 0 saturated carbocycles. The van der Waals surface area contributed by atoms with Crippen LogP contribution in [0.1, 0.15) is 12.5 Å². The molecule has 0 aliphatic rings. The molecule has 0 atom stereocenters. The van der Waals surface area contributed by atoms with E-state index in [0.29, 0.717) is 22.5 Å². The van der Waals surface area contributed by atoms with Gasteiger partial charge in [0.15, 0.2) is 5.13 Å². The van der Waals surface area contributed by atoms with Crippen LogP contribution in [0.4, 0.5) is 5.13 Å². The zero-order chi connectivity index (χ0) is 13.2. The van der Waals surface area contributed by atoms with E-state index in [1.807, 2.05) is 12.1 Å². The average Bonchev–Trinajstić information content (AvgIpc) is 3.07. The van der Waals surface area contributed by atoms with Gasteiger partial charge in [-0.1, -0.05) is 36.3 Å². The van der Waals surface area contributed by atoms with Crippen LogP contribution in [-0.4, -0.2) is 15.1 Å². The number of rotatable bonds is 3. The summed E-state index contributed by atoms with van der Waals surface area (Å²) < 4.78 is 5.20. The number of aryl methyl sites for hydroxylation is 1. The zero-order valence-corrected chi connectivity index (χ0v) is 11.1. The van der Waals surface area contributed by atoms with Crippen molar-refractivity contribution in [1.29, 1.82) is 0 Å². The second kappa shape index (κ2) is 4.81. The molecule has 2 heterocycles. The fraction of sp³-hybridized carbons (Fsp3) is 0.154. The van der Waals surface area contributed by atoms with Crippen LogP contribution in [0, 0.1) is 0 Å². The topological polar surface area (TPSA) is 77.8 Å². The maximum atomic E-state index is 5.58. The van der Waals surface area contributed by atoms with Gasteiger partial charge in [-0.25, -0.2) is 4.98 Å². The van der Waals surface area contributed by atoms with Crippen LogP contribution in [0.3, 0.4) is 0 Å². The molecule has 3 rings (SSSR count). The quantitative estimate of drug-likeness (QED) is 0.793. The molecular formula is C13H12N4OS. The van der Waals surface area contributed by atoms with Crippen molar-refractivity contribution in [1.82, 2.24) is 15.1 Å². The highest BCUT2D eigenvalue weighted by atomic mass is 32.1. The Hall–Kier alpha value is -2.21. The number of hydrogen-bond acceptors (Lipinski definition) is 6. The Morgan fingerprint density at radius 2 is 2.00 bits per heavy atom. The summed E-state index contributed by atoms with van der Waals surface area (Å²) in [5.74, 6) is 0.951. The van der Waals surface area contributed by atoms with Gasteiger partial charge in [-0.15, -0.1) is 11.3 Å². The van der Waals surface area contributed by atoms with Crippen LogP contribution >= 0.6 is 11.3 Å². The van der Waals surface area contributed by atoms with Crippen LogP contribution in [0.15, 0.2) is 34.2 Å². The van der Waals surface area contributed by atoms with Crippen molar-refractivity contribution >= 4 is 16.5 Å². The summed E-state index contributed by atoms with van der Waals surface area (Å²) in [6.07, 6.45) is 1.01. The van der Waals surface area contributed by atoms with Crippen LogP contribution in [-0.2, 0) is 6.42 Å². The monoisotopic (exact) mass is 272 g/mol. The van der Waals surface area contributed by atoms with E-state index in [1.165, 1.54) is 16.9 Å². The maximum absolute atomic E-state index is 5.58. The molecule has 2 N–H and O–H groups in total. The summed E-state index contributed by atoms with van der Waals surface area (Å²) in [7, 11) is 0. The molecule has 0 unspecified atom stereocenters. The molecule has 0 radical (unpaired) electrons. The van der Waals surface area contributed by atoms with Gasteiger partial charge in [-0.2, -0.15) is 4.98 Å². The molecule has 19 heavy (non-hydrogen) atoms. The van der Waals surface area contributed by atoms with Gasteiger partial charge in [0, 0.05) is 10.9 Å². The van der Waals surface area contributed by atoms with Crippen LogP contribution < -0.4 is 5.73 Å². The van der Waals surface area contributed by atoms with Crippen molar-refractivity contribution < 1.29 is 4.52 Å². The Morgan fingerprint density at radius 3 is 2.63 bits per heavy atom. The number of thiazole rings is 1. The Labute approximate surface area is 114 Å². The van der Waals surface area contributed by atoms with Crippen LogP contribution in [0.5, 0.6) is 0 Å². The van der Waals surface area contributed by atoms with E-state index >= 15 is 0 Å². The normalized spacial score (nSPS) is 10.8. The van der Waals surface area contributed by atoms with Crippen molar-refractivity contribution in [2.24, 2.45) is 0 Å². The smallest absolute Gasteiger partial charge is 0.277 e. The number of nitrogen functional groups attached to an aromatic ring is 1. The first kappa shape index (κ1) is 11.9. The largest absolute Gasteiger partial charge is 0.375 e. The van der Waals surface area contributed by atoms with Gasteiger partial charge in [0.25, 0.3) is 5.89 Å². The predicted octanol–water partition coefficient (Wildman–Crippen LogP) is 3.00. The highest BCUT2D eigenvalue weighted by Crippen LogP contribution is 2.24. The Balaban J connectivity index is 1.91. The lowest BCUT2D eigenvalue weighted by Gasteiger charge is -1.97. The van der Waals surface area contributed by atoms with Crippen molar-refractivity contribution in [2.75, 3.05) is 5.73 Å². The van der Waals surface area contributed by atoms with Gasteiger partial charge in [0.05, 0.1) is 0 Å². The highest BCUT2D eigenvalue weighted by molar-refractivity contribution is 7.13. The third-order valence-electron chi connectivity index (χ3n) is 2.79. The molecular weight excluding hydrogens is 260 g/mol. The van der Waals surface area contributed by atoms with Gasteiger partial charge in [0.2, 0.25) is 5.82 Å². The molecule has 0 saturated heterocycles. The SMILES string of the molecule is CCc1ccc(-c2noc(-c3csc(N)n3)n2)cc1. The molecule has 6 heteroatoms. The zero-order valence-electron chi connectivity index (χ0n) is 10.3. The first-order valence-electron chi connectivity index (χ1n) is 5.90. The number of nitrogens with two attached hydrogens (primary N) is 1. The highest BCUT2D eigenvalue weighted by Gasteiger charge is 2.12. The fourth-order valence-corrected chi connectivity index (χ4v) is 2.26. The number of hydrogen-bond donors (Lipinski definition) is 1. The van der Waals surface area contributed by atoms with Crippen molar-refractivity contribution in [2.45, 2.75) is 13.3 Å². The predicted molar refractivity (Wildman–Crippen MR) is 74.6 cm³/mol. The van der Waals surface area contributed by atoms with Crippen LogP contribution in [0.2, 0.25) is 0 Å². The summed E-state index contributed by atoms with van der Waals surface area (Å²) in [6.45, 7) is 2.12. The van der Waals surface area contributed by atoms with E-state index in [-0.39, 0.29) is 0 Å². The van der Waals surface area contributed by atoms with Crippen molar-refractivity contribution in [3.05, 3.63) is 35.2 Å². The molecule has 0 bridgehead atoms. The minimum Gasteiger partial charge on any atom is -0.375 e. The fourth-order valence-electron chi connectivity index (χ4n) is 1.72. The number of anilines is 1. The molecule has 0 aliphatic carbocycles. The molecule has 2 aromatic heterocycles. The molecule has 96 valence electrons. The van der Waals surface area contributed by atoms with Gasteiger partial charge in [0.1, 0.15) is 5.69 Å². The molecule has 0 fully saturated rings. The third kappa shape index (κ3) is 2.34. The standard InChI is InChI=1S/C13H12N4OS/c1-2-8-3-5-9(6-4-8)11-16-12(18-17-11)10-7-19-13(14)15-10/h3-7H,2H2,1H3,(H2,14,15). The minimum absolute atomic E-state index is 0.391. The lowest BCUT2D eigenvalue weighted by Crippen LogP contribution is -1.84. The summed E-state index contributed by atoms with van der Waals surface area (Å²) in [5, 5.41) is 6.25. The molecule has 3 aromatic rings. The van der Waals surface area contributed by atoms with E-state index in [4.69, 9.17) is 10.3 Å². The van der Waals surface area contributed by atoms with Crippen LogP contribution in [0.25, 0.3) is 23.0 Å². The second-order valence-corrected chi connectivity index (χ2v) is 4.93. The lowest BCUT2D eigenvalue weighted by molar-refractivity contribution is 0.431. The number of nitrogens with zero attached hydrogens (tertiary/aromatic N) is 3. The number of aromatic nitrogens is 3.